The number of nitrogens with zero attached hydrogens (tertiary/aromatic N) is 1. The number of benzene rings is 1. The number of ether oxygens (including phenoxy) is 2. The van der Waals surface area contributed by atoms with Gasteiger partial charge in [-0.05, 0) is 39.0 Å². The van der Waals surface area contributed by atoms with Crippen LogP contribution >= 0.6 is 11.6 Å². The van der Waals surface area contributed by atoms with Gasteiger partial charge in [-0.15, -0.1) is 0 Å². The molecule has 1 aromatic carbocycles. The zero-order valence-corrected chi connectivity index (χ0v) is 16.2. The third kappa shape index (κ3) is 4.54. The van der Waals surface area contributed by atoms with Crippen LogP contribution in [-0.2, 0) is 9.47 Å². The first-order valence-electron chi connectivity index (χ1n) is 8.19. The molecule has 0 radical (unpaired) electrons. The van der Waals surface area contributed by atoms with Gasteiger partial charge in [0.1, 0.15) is 0 Å². The minimum atomic E-state index is -1.23. The monoisotopic (exact) mass is 399 g/mol. The van der Waals surface area contributed by atoms with Gasteiger partial charge in [-0.3, -0.25) is 4.79 Å². The van der Waals surface area contributed by atoms with Crippen LogP contribution in [0.1, 0.15) is 45.1 Å². The molecule has 1 aromatic heterocycles. The van der Waals surface area contributed by atoms with Crippen molar-refractivity contribution in [3.8, 4) is 0 Å². The van der Waals surface area contributed by atoms with Crippen LogP contribution in [0.25, 0.3) is 0 Å². The van der Waals surface area contributed by atoms with E-state index in [1.54, 1.807) is 20.1 Å². The minimum Gasteiger partial charge on any atom is -0.454 e. The maximum Gasteiger partial charge on any atom is 0.340 e. The van der Waals surface area contributed by atoms with E-state index in [-0.39, 0.29) is 16.6 Å². The van der Waals surface area contributed by atoms with E-state index in [0.717, 1.165) is 11.4 Å². The number of ketones is 1. The molecule has 5 nitrogen and oxygen atoms in total. The maximum absolute atomic E-state index is 13.3. The highest BCUT2D eigenvalue weighted by Crippen LogP contribution is 2.23. The van der Waals surface area contributed by atoms with Gasteiger partial charge in [-0.25, -0.2) is 13.6 Å². The molecule has 0 saturated carbocycles. The Bertz CT molecular complexity index is 879. The van der Waals surface area contributed by atoms with Crippen LogP contribution in [0.3, 0.4) is 0 Å². The molecule has 2 rings (SSSR count). The van der Waals surface area contributed by atoms with Crippen molar-refractivity contribution in [2.24, 2.45) is 0 Å². The number of hydrogen-bond donors (Lipinski definition) is 0. The fraction of sp³-hybridized carbons (Fsp3) is 0.368. The Labute approximate surface area is 160 Å². The Morgan fingerprint density at radius 2 is 1.78 bits per heavy atom. The Kier molecular flexibility index (Phi) is 6.73. The average molecular weight is 400 g/mol. The molecule has 8 heteroatoms. The van der Waals surface area contributed by atoms with Crippen LogP contribution in [0.5, 0.6) is 0 Å². The number of methoxy groups -OCH3 is 1. The summed E-state index contributed by atoms with van der Waals surface area (Å²) in [6.45, 7) is 5.55. The molecular weight excluding hydrogens is 380 g/mol. The number of Topliss-reactive ketones (excluding diaryl/α,β-unsaturated/α-hetero) is 1. The van der Waals surface area contributed by atoms with Crippen molar-refractivity contribution in [1.82, 2.24) is 4.57 Å². The summed E-state index contributed by atoms with van der Waals surface area (Å²) in [7, 11) is 1.60. The van der Waals surface area contributed by atoms with Crippen LogP contribution in [-0.4, -0.2) is 36.6 Å². The van der Waals surface area contributed by atoms with Gasteiger partial charge in [0.05, 0.1) is 23.2 Å². The Morgan fingerprint density at radius 3 is 2.41 bits per heavy atom. The number of rotatable bonds is 7. The summed E-state index contributed by atoms with van der Waals surface area (Å²) in [4.78, 5) is 24.5. The molecule has 0 saturated heterocycles. The molecule has 0 aliphatic heterocycles. The second-order valence-corrected chi connectivity index (χ2v) is 6.61. The summed E-state index contributed by atoms with van der Waals surface area (Å²) in [6.07, 6.45) is 0. The number of carbonyl (C=O) groups is 2. The normalized spacial score (nSPS) is 12.1. The van der Waals surface area contributed by atoms with Crippen molar-refractivity contribution in [3.63, 3.8) is 0 Å². The van der Waals surface area contributed by atoms with E-state index in [0.29, 0.717) is 24.3 Å². The van der Waals surface area contributed by atoms with Crippen molar-refractivity contribution < 1.29 is 27.8 Å². The van der Waals surface area contributed by atoms with Gasteiger partial charge in [0.25, 0.3) is 0 Å². The van der Waals surface area contributed by atoms with E-state index in [2.05, 4.69) is 0 Å². The minimum absolute atomic E-state index is 0.0279. The van der Waals surface area contributed by atoms with Crippen LogP contribution in [0, 0.1) is 25.5 Å². The van der Waals surface area contributed by atoms with E-state index in [1.807, 2.05) is 18.4 Å². The van der Waals surface area contributed by atoms with E-state index >= 15 is 0 Å². The van der Waals surface area contributed by atoms with Crippen LogP contribution in [0.2, 0.25) is 5.02 Å². The standard InChI is InChI=1S/C19H20ClF2NO4/c1-10-5-13(12(3)23(10)11(2)8-26-4)18(24)9-27-19(25)14-6-16(21)17(22)7-15(14)20/h5-7,11H,8-9H2,1-4H3/t11-/m1/s1. The number of aromatic nitrogens is 1. The second kappa shape index (κ2) is 8.63. The van der Waals surface area contributed by atoms with Gasteiger partial charge in [0.2, 0.25) is 5.78 Å². The van der Waals surface area contributed by atoms with Gasteiger partial charge in [0, 0.05) is 24.1 Å². The predicted octanol–water partition coefficient (Wildman–Crippen LogP) is 4.28. The van der Waals surface area contributed by atoms with Crippen molar-refractivity contribution in [2.75, 3.05) is 20.3 Å². The smallest absolute Gasteiger partial charge is 0.340 e. The van der Waals surface area contributed by atoms with E-state index in [4.69, 9.17) is 21.1 Å². The summed E-state index contributed by atoms with van der Waals surface area (Å²) >= 11 is 5.73. The largest absolute Gasteiger partial charge is 0.454 e. The molecule has 0 N–H and O–H groups in total. The molecular formula is C19H20ClF2NO4. The molecule has 1 heterocycles. The summed E-state index contributed by atoms with van der Waals surface area (Å²) < 4.78 is 38.4. The first kappa shape index (κ1) is 21.1. The molecule has 0 spiro atoms. The Balaban J connectivity index is 2.13. The third-order valence-corrected chi connectivity index (χ3v) is 4.51. The topological polar surface area (TPSA) is 57.5 Å². The van der Waals surface area contributed by atoms with Gasteiger partial charge in [-0.2, -0.15) is 0 Å². The number of halogens is 3. The van der Waals surface area contributed by atoms with E-state index < -0.39 is 30.0 Å². The maximum atomic E-state index is 13.3. The molecule has 0 amide bonds. The summed E-state index contributed by atoms with van der Waals surface area (Å²) in [5, 5.41) is -0.294. The molecule has 0 bridgehead atoms. The molecule has 0 aliphatic carbocycles. The van der Waals surface area contributed by atoms with Crippen molar-refractivity contribution in [2.45, 2.75) is 26.8 Å². The molecule has 0 aliphatic rings. The van der Waals surface area contributed by atoms with Gasteiger partial charge in [-0.1, -0.05) is 11.6 Å². The first-order chi connectivity index (χ1) is 12.7. The molecule has 27 heavy (non-hydrogen) atoms. The SMILES string of the molecule is COC[C@@H](C)n1c(C)cc(C(=O)COC(=O)c2cc(F)c(F)cc2Cl)c1C. The molecule has 0 unspecified atom stereocenters. The fourth-order valence-corrected chi connectivity index (χ4v) is 3.25. The number of esters is 1. The van der Waals surface area contributed by atoms with Crippen molar-refractivity contribution in [1.29, 1.82) is 0 Å². The quantitative estimate of drug-likeness (QED) is 0.396. The lowest BCUT2D eigenvalue weighted by Gasteiger charge is -2.17. The Morgan fingerprint density at radius 1 is 1.15 bits per heavy atom. The highest BCUT2D eigenvalue weighted by molar-refractivity contribution is 6.33. The lowest BCUT2D eigenvalue weighted by molar-refractivity contribution is 0.0474. The van der Waals surface area contributed by atoms with Crippen molar-refractivity contribution in [3.05, 3.63) is 57.4 Å². The zero-order valence-electron chi connectivity index (χ0n) is 15.4. The highest BCUT2D eigenvalue weighted by Gasteiger charge is 2.21. The van der Waals surface area contributed by atoms with E-state index in [1.165, 1.54) is 0 Å². The lowest BCUT2D eigenvalue weighted by Crippen LogP contribution is -2.17. The number of hydrogen-bond acceptors (Lipinski definition) is 4. The van der Waals surface area contributed by atoms with Crippen LogP contribution < -0.4 is 0 Å². The molecule has 0 fully saturated rings. The summed E-state index contributed by atoms with van der Waals surface area (Å²) in [5.74, 6) is -3.82. The van der Waals surface area contributed by atoms with Gasteiger partial charge >= 0.3 is 5.97 Å². The van der Waals surface area contributed by atoms with E-state index in [9.17, 15) is 18.4 Å². The predicted molar refractivity (Wildman–Crippen MR) is 96.5 cm³/mol. The zero-order chi connectivity index (χ0) is 20.3. The number of carbonyl (C=O) groups excluding carboxylic acids is 2. The first-order valence-corrected chi connectivity index (χ1v) is 8.57. The third-order valence-electron chi connectivity index (χ3n) is 4.20. The Hall–Kier alpha value is -2.25. The summed E-state index contributed by atoms with van der Waals surface area (Å²) in [6, 6.07) is 3.06. The van der Waals surface area contributed by atoms with Gasteiger partial charge < -0.3 is 14.0 Å². The highest BCUT2D eigenvalue weighted by atomic mass is 35.5. The van der Waals surface area contributed by atoms with Crippen LogP contribution in [0.15, 0.2) is 18.2 Å². The fourth-order valence-electron chi connectivity index (χ4n) is 3.02. The lowest BCUT2D eigenvalue weighted by atomic mass is 10.1. The van der Waals surface area contributed by atoms with Gasteiger partial charge in [0.15, 0.2) is 18.2 Å². The van der Waals surface area contributed by atoms with Crippen molar-refractivity contribution >= 4 is 23.4 Å². The molecule has 146 valence electrons. The second-order valence-electron chi connectivity index (χ2n) is 6.20. The van der Waals surface area contributed by atoms with Crippen LogP contribution in [0.4, 0.5) is 8.78 Å². The summed E-state index contributed by atoms with van der Waals surface area (Å²) in [5.41, 5.74) is 1.67. The molecule has 1 atom stereocenters. The number of aryl methyl sites for hydroxylation is 1. The average Bonchev–Trinajstić information content (AvgIpc) is 2.90. The molecule has 2 aromatic rings.